The van der Waals surface area contributed by atoms with E-state index in [2.05, 4.69) is 23.8 Å². The molecule has 17 heavy (non-hydrogen) atoms. The highest BCUT2D eigenvalue weighted by Crippen LogP contribution is 2.26. The van der Waals surface area contributed by atoms with Crippen molar-refractivity contribution in [2.45, 2.75) is 19.9 Å². The number of halogens is 1. The molecule has 2 heterocycles. The number of carbonyl (C=O) groups is 1. The van der Waals surface area contributed by atoms with Gasteiger partial charge in [0.05, 0.1) is 6.04 Å². The number of nitrogens with zero attached hydrogens (tertiary/aromatic N) is 4. The molecule has 1 aliphatic heterocycles. The van der Waals surface area contributed by atoms with Crippen molar-refractivity contribution >= 4 is 23.4 Å². The molecule has 5 nitrogen and oxygen atoms in total. The summed E-state index contributed by atoms with van der Waals surface area (Å²) in [6, 6.07) is 1.79. The molecule has 0 bridgehead atoms. The first kappa shape index (κ1) is 12.1. The fraction of sp³-hybridized carbons (Fsp3) is 0.545. The summed E-state index contributed by atoms with van der Waals surface area (Å²) in [6.45, 7) is 4.89. The van der Waals surface area contributed by atoms with Crippen LogP contribution in [0.5, 0.6) is 0 Å². The predicted octanol–water partition coefficient (Wildman–Crippen LogP) is 2.03. The standard InChI is InChI=1S/C11H15ClN4O/c1-7(2)8-6-15(3)11(17)16(8)9-4-5-13-10(12)14-9/h4-5,7-8H,6H2,1-3H3/t8-/m1/s1. The Balaban J connectivity index is 2.37. The highest BCUT2D eigenvalue weighted by molar-refractivity contribution is 6.28. The Bertz CT molecular complexity index is 437. The lowest BCUT2D eigenvalue weighted by atomic mass is 10.0. The van der Waals surface area contributed by atoms with Crippen LogP contribution >= 0.6 is 11.6 Å². The van der Waals surface area contributed by atoms with E-state index in [1.165, 1.54) is 0 Å². The number of hydrogen-bond donors (Lipinski definition) is 0. The second-order valence-electron chi connectivity index (χ2n) is 4.53. The average Bonchev–Trinajstić information content (AvgIpc) is 2.56. The molecule has 6 heteroatoms. The maximum Gasteiger partial charge on any atom is 0.325 e. The van der Waals surface area contributed by atoms with Gasteiger partial charge in [-0.05, 0) is 23.6 Å². The largest absolute Gasteiger partial charge is 0.325 e. The summed E-state index contributed by atoms with van der Waals surface area (Å²) in [4.78, 5) is 23.4. The zero-order chi connectivity index (χ0) is 12.6. The maximum atomic E-state index is 12.1. The number of urea groups is 1. The lowest BCUT2D eigenvalue weighted by Crippen LogP contribution is -2.38. The Kier molecular flexibility index (Phi) is 3.19. The van der Waals surface area contributed by atoms with Crippen LogP contribution in [0.15, 0.2) is 12.3 Å². The van der Waals surface area contributed by atoms with Crippen LogP contribution in [0.25, 0.3) is 0 Å². The van der Waals surface area contributed by atoms with Gasteiger partial charge in [0.1, 0.15) is 5.82 Å². The van der Waals surface area contributed by atoms with Gasteiger partial charge in [-0.15, -0.1) is 0 Å². The summed E-state index contributed by atoms with van der Waals surface area (Å²) in [5.41, 5.74) is 0. The predicted molar refractivity (Wildman–Crippen MR) is 66.2 cm³/mol. The minimum Gasteiger partial charge on any atom is -0.325 e. The molecule has 0 unspecified atom stereocenters. The van der Waals surface area contributed by atoms with E-state index >= 15 is 0 Å². The van der Waals surface area contributed by atoms with Crippen LogP contribution in [-0.2, 0) is 0 Å². The van der Waals surface area contributed by atoms with E-state index in [1.54, 1.807) is 29.1 Å². The minimum atomic E-state index is -0.0431. The first-order valence-corrected chi connectivity index (χ1v) is 5.91. The third-order valence-corrected chi connectivity index (χ3v) is 3.14. The third kappa shape index (κ3) is 2.20. The number of carbonyl (C=O) groups excluding carboxylic acids is 1. The van der Waals surface area contributed by atoms with Gasteiger partial charge in [-0.2, -0.15) is 0 Å². The molecule has 0 saturated carbocycles. The van der Waals surface area contributed by atoms with Crippen LogP contribution in [0.4, 0.5) is 10.6 Å². The molecule has 1 aromatic rings. The topological polar surface area (TPSA) is 49.3 Å². The highest BCUT2D eigenvalue weighted by atomic mass is 35.5. The van der Waals surface area contributed by atoms with Gasteiger partial charge >= 0.3 is 6.03 Å². The molecule has 1 aromatic heterocycles. The fourth-order valence-corrected chi connectivity index (χ4v) is 2.15. The summed E-state index contributed by atoms with van der Waals surface area (Å²) in [7, 11) is 1.79. The number of likely N-dealkylation sites (N-methyl/N-ethyl adjacent to an activating group) is 1. The zero-order valence-corrected chi connectivity index (χ0v) is 10.8. The average molecular weight is 255 g/mol. The molecular weight excluding hydrogens is 240 g/mol. The molecule has 0 aliphatic carbocycles. The molecule has 2 amide bonds. The van der Waals surface area contributed by atoms with Crippen molar-refractivity contribution in [3.05, 3.63) is 17.5 Å². The summed E-state index contributed by atoms with van der Waals surface area (Å²) >= 11 is 5.76. The molecule has 1 aliphatic rings. The molecular formula is C11H15ClN4O. The van der Waals surface area contributed by atoms with Crippen LogP contribution in [0.3, 0.4) is 0 Å². The monoisotopic (exact) mass is 254 g/mol. The zero-order valence-electron chi connectivity index (χ0n) is 10.1. The molecule has 1 atom stereocenters. The van der Waals surface area contributed by atoms with Gasteiger partial charge < -0.3 is 4.90 Å². The second-order valence-corrected chi connectivity index (χ2v) is 4.87. The Hall–Kier alpha value is -1.36. The fourth-order valence-electron chi connectivity index (χ4n) is 2.00. The minimum absolute atomic E-state index is 0.0431. The lowest BCUT2D eigenvalue weighted by molar-refractivity contribution is 0.229. The van der Waals surface area contributed by atoms with Gasteiger partial charge in [-0.25, -0.2) is 14.8 Å². The van der Waals surface area contributed by atoms with Gasteiger partial charge in [-0.3, -0.25) is 4.90 Å². The van der Waals surface area contributed by atoms with Crippen molar-refractivity contribution in [1.29, 1.82) is 0 Å². The van der Waals surface area contributed by atoms with Gasteiger partial charge in [0.15, 0.2) is 0 Å². The molecule has 0 N–H and O–H groups in total. The van der Waals surface area contributed by atoms with Crippen molar-refractivity contribution < 1.29 is 4.79 Å². The summed E-state index contributed by atoms with van der Waals surface area (Å²) in [5, 5.41) is 0.160. The third-order valence-electron chi connectivity index (χ3n) is 2.95. The molecule has 0 spiro atoms. The maximum absolute atomic E-state index is 12.1. The van der Waals surface area contributed by atoms with Crippen molar-refractivity contribution in [2.75, 3.05) is 18.5 Å². The van der Waals surface area contributed by atoms with E-state index in [-0.39, 0.29) is 17.4 Å². The van der Waals surface area contributed by atoms with Gasteiger partial charge in [0.2, 0.25) is 5.28 Å². The van der Waals surface area contributed by atoms with Crippen molar-refractivity contribution in [2.24, 2.45) is 5.92 Å². The second kappa shape index (κ2) is 4.49. The smallest absolute Gasteiger partial charge is 0.325 e. The van der Waals surface area contributed by atoms with E-state index in [0.717, 1.165) is 0 Å². The first-order chi connectivity index (χ1) is 8.00. The quantitative estimate of drug-likeness (QED) is 0.759. The van der Waals surface area contributed by atoms with Crippen LogP contribution in [-0.4, -0.2) is 40.5 Å². The number of anilines is 1. The van der Waals surface area contributed by atoms with E-state index in [9.17, 15) is 4.79 Å². The number of hydrogen-bond acceptors (Lipinski definition) is 3. The molecule has 1 fully saturated rings. The molecule has 92 valence electrons. The molecule has 0 radical (unpaired) electrons. The van der Waals surface area contributed by atoms with Crippen molar-refractivity contribution in [3.63, 3.8) is 0 Å². The first-order valence-electron chi connectivity index (χ1n) is 5.53. The molecule has 2 rings (SSSR count). The highest BCUT2D eigenvalue weighted by Gasteiger charge is 2.38. The Morgan fingerprint density at radius 3 is 2.82 bits per heavy atom. The number of aromatic nitrogens is 2. The molecule has 0 aromatic carbocycles. The van der Waals surface area contributed by atoms with Gasteiger partial charge in [0, 0.05) is 19.8 Å². The molecule has 1 saturated heterocycles. The van der Waals surface area contributed by atoms with Crippen LogP contribution < -0.4 is 4.90 Å². The van der Waals surface area contributed by atoms with Crippen molar-refractivity contribution in [1.82, 2.24) is 14.9 Å². The van der Waals surface area contributed by atoms with E-state index in [4.69, 9.17) is 11.6 Å². The van der Waals surface area contributed by atoms with Crippen LogP contribution in [0.1, 0.15) is 13.8 Å². The van der Waals surface area contributed by atoms with E-state index < -0.39 is 0 Å². The Morgan fingerprint density at radius 1 is 1.53 bits per heavy atom. The lowest BCUT2D eigenvalue weighted by Gasteiger charge is -2.24. The summed E-state index contributed by atoms with van der Waals surface area (Å²) < 4.78 is 0. The summed E-state index contributed by atoms with van der Waals surface area (Å²) in [6.07, 6.45) is 1.56. The van der Waals surface area contributed by atoms with Gasteiger partial charge in [0.25, 0.3) is 0 Å². The van der Waals surface area contributed by atoms with Crippen LogP contribution in [0, 0.1) is 5.92 Å². The Labute approximate surface area is 105 Å². The number of rotatable bonds is 2. The van der Waals surface area contributed by atoms with Crippen LogP contribution in [0.2, 0.25) is 5.28 Å². The Morgan fingerprint density at radius 2 is 2.24 bits per heavy atom. The normalized spacial score (nSPS) is 20.5. The SMILES string of the molecule is CC(C)[C@H]1CN(C)C(=O)N1c1ccnc(Cl)n1. The number of amides is 2. The van der Waals surface area contributed by atoms with E-state index in [1.807, 2.05) is 0 Å². The van der Waals surface area contributed by atoms with Crippen molar-refractivity contribution in [3.8, 4) is 0 Å². The van der Waals surface area contributed by atoms with E-state index in [0.29, 0.717) is 18.3 Å². The summed E-state index contributed by atoms with van der Waals surface area (Å²) in [5.74, 6) is 0.927. The van der Waals surface area contributed by atoms with Gasteiger partial charge in [-0.1, -0.05) is 13.8 Å².